The highest BCUT2D eigenvalue weighted by Crippen LogP contribution is 2.24. The number of likely N-dealkylation sites (tertiary alicyclic amines) is 1. The van der Waals surface area contributed by atoms with Gasteiger partial charge in [-0.15, -0.1) is 11.6 Å². The van der Waals surface area contributed by atoms with Crippen LogP contribution in [0, 0.1) is 5.92 Å². The van der Waals surface area contributed by atoms with Crippen molar-refractivity contribution in [2.45, 2.75) is 45.6 Å². The average Bonchev–Trinajstić information content (AvgIpc) is 2.47. The maximum absolute atomic E-state index is 5.97. The maximum atomic E-state index is 5.97. The van der Waals surface area contributed by atoms with Crippen LogP contribution in [0.4, 0.5) is 0 Å². The van der Waals surface area contributed by atoms with Crippen LogP contribution in [0.2, 0.25) is 0 Å². The highest BCUT2D eigenvalue weighted by atomic mass is 35.5. The van der Waals surface area contributed by atoms with E-state index in [0.29, 0.717) is 6.04 Å². The Morgan fingerprint density at radius 1 is 1.38 bits per heavy atom. The van der Waals surface area contributed by atoms with Gasteiger partial charge in [0.05, 0.1) is 0 Å². The van der Waals surface area contributed by atoms with Crippen molar-refractivity contribution in [3.63, 3.8) is 0 Å². The second-order valence-corrected chi connectivity index (χ2v) is 4.54. The quantitative estimate of drug-likeness (QED) is 0.490. The largest absolute Gasteiger partial charge is 0.299 e. The van der Waals surface area contributed by atoms with Crippen LogP contribution in [0.15, 0.2) is 0 Å². The number of nitrogens with zero attached hydrogens (tertiary/aromatic N) is 1. The lowest BCUT2D eigenvalue weighted by Gasteiger charge is -2.24. The van der Waals surface area contributed by atoms with Gasteiger partial charge >= 0.3 is 0 Å². The van der Waals surface area contributed by atoms with Gasteiger partial charge in [0.2, 0.25) is 0 Å². The average molecular weight is 204 g/mol. The van der Waals surface area contributed by atoms with E-state index in [2.05, 4.69) is 18.7 Å². The number of hydrogen-bond acceptors (Lipinski definition) is 1. The topological polar surface area (TPSA) is 3.24 Å². The van der Waals surface area contributed by atoms with Crippen LogP contribution in [0.25, 0.3) is 0 Å². The van der Waals surface area contributed by atoms with Gasteiger partial charge in [-0.3, -0.25) is 4.90 Å². The molecule has 1 rings (SSSR count). The van der Waals surface area contributed by atoms with E-state index in [4.69, 9.17) is 11.6 Å². The van der Waals surface area contributed by atoms with Gasteiger partial charge in [0.1, 0.15) is 0 Å². The first-order chi connectivity index (χ1) is 6.29. The number of unbranched alkanes of at least 4 members (excludes halogenated alkanes) is 2. The Balaban J connectivity index is 2.24. The molecule has 1 fully saturated rings. The summed E-state index contributed by atoms with van der Waals surface area (Å²) in [5.41, 5.74) is 0. The van der Waals surface area contributed by atoms with E-state index in [-0.39, 0.29) is 0 Å². The van der Waals surface area contributed by atoms with Gasteiger partial charge in [-0.05, 0) is 31.8 Å². The highest BCUT2D eigenvalue weighted by molar-refractivity contribution is 6.18. The molecule has 0 spiro atoms. The van der Waals surface area contributed by atoms with Gasteiger partial charge < -0.3 is 0 Å². The molecular weight excluding hydrogens is 182 g/mol. The first-order valence-corrected chi connectivity index (χ1v) is 6.13. The van der Waals surface area contributed by atoms with E-state index >= 15 is 0 Å². The van der Waals surface area contributed by atoms with E-state index in [0.717, 1.165) is 11.8 Å². The standard InChI is InChI=1S/C11H22ClN/c1-3-4-5-7-13-8-6-10(2)11(13)9-12/h10-11H,3-9H2,1-2H3. The molecule has 0 aromatic heterocycles. The fourth-order valence-corrected chi connectivity index (χ4v) is 2.68. The Labute approximate surface area is 87.4 Å². The minimum Gasteiger partial charge on any atom is -0.299 e. The summed E-state index contributed by atoms with van der Waals surface area (Å²) >= 11 is 5.97. The first-order valence-electron chi connectivity index (χ1n) is 5.59. The van der Waals surface area contributed by atoms with Crippen molar-refractivity contribution in [2.24, 2.45) is 5.92 Å². The molecule has 1 saturated heterocycles. The van der Waals surface area contributed by atoms with Crippen LogP contribution in [-0.2, 0) is 0 Å². The zero-order chi connectivity index (χ0) is 9.68. The number of rotatable bonds is 5. The van der Waals surface area contributed by atoms with Crippen molar-refractivity contribution in [3.8, 4) is 0 Å². The van der Waals surface area contributed by atoms with Crippen molar-refractivity contribution in [3.05, 3.63) is 0 Å². The fourth-order valence-electron chi connectivity index (χ4n) is 2.18. The molecule has 0 radical (unpaired) electrons. The lowest BCUT2D eigenvalue weighted by molar-refractivity contribution is 0.245. The Hall–Kier alpha value is 0.250. The number of halogens is 1. The van der Waals surface area contributed by atoms with E-state index in [1.165, 1.54) is 38.8 Å². The van der Waals surface area contributed by atoms with Gasteiger partial charge in [-0.1, -0.05) is 26.7 Å². The Bertz CT molecular complexity index is 138. The van der Waals surface area contributed by atoms with E-state index in [1.807, 2.05) is 0 Å². The summed E-state index contributed by atoms with van der Waals surface area (Å²) in [6, 6.07) is 0.651. The lowest BCUT2D eigenvalue weighted by Crippen LogP contribution is -2.34. The molecule has 2 atom stereocenters. The van der Waals surface area contributed by atoms with Crippen LogP contribution >= 0.6 is 11.6 Å². The van der Waals surface area contributed by atoms with Crippen LogP contribution in [0.3, 0.4) is 0 Å². The first kappa shape index (κ1) is 11.3. The van der Waals surface area contributed by atoms with E-state index < -0.39 is 0 Å². The van der Waals surface area contributed by atoms with Gasteiger partial charge in [-0.25, -0.2) is 0 Å². The molecule has 0 saturated carbocycles. The summed E-state index contributed by atoms with van der Waals surface area (Å²) in [6.45, 7) is 7.11. The van der Waals surface area contributed by atoms with E-state index in [1.54, 1.807) is 0 Å². The van der Waals surface area contributed by atoms with E-state index in [9.17, 15) is 0 Å². The molecule has 1 heterocycles. The molecule has 1 aliphatic heterocycles. The number of hydrogen-bond donors (Lipinski definition) is 0. The molecule has 13 heavy (non-hydrogen) atoms. The molecule has 0 aliphatic carbocycles. The van der Waals surface area contributed by atoms with Gasteiger partial charge in [-0.2, -0.15) is 0 Å². The van der Waals surface area contributed by atoms with Crippen LogP contribution < -0.4 is 0 Å². The number of alkyl halides is 1. The Morgan fingerprint density at radius 3 is 2.77 bits per heavy atom. The summed E-state index contributed by atoms with van der Waals surface area (Å²) < 4.78 is 0. The molecule has 0 N–H and O–H groups in total. The molecule has 78 valence electrons. The van der Waals surface area contributed by atoms with Crippen LogP contribution in [0.1, 0.15) is 39.5 Å². The maximum Gasteiger partial charge on any atom is 0.0382 e. The second kappa shape index (κ2) is 5.87. The third-order valence-corrected chi connectivity index (χ3v) is 3.52. The Morgan fingerprint density at radius 2 is 2.15 bits per heavy atom. The summed E-state index contributed by atoms with van der Waals surface area (Å²) in [5, 5.41) is 0. The molecule has 0 bridgehead atoms. The van der Waals surface area contributed by atoms with Crippen molar-refractivity contribution in [2.75, 3.05) is 19.0 Å². The molecule has 2 unspecified atom stereocenters. The van der Waals surface area contributed by atoms with Crippen LogP contribution in [0.5, 0.6) is 0 Å². The minimum absolute atomic E-state index is 0.651. The minimum atomic E-state index is 0.651. The highest BCUT2D eigenvalue weighted by Gasteiger charge is 2.29. The van der Waals surface area contributed by atoms with Crippen LogP contribution in [-0.4, -0.2) is 29.9 Å². The molecule has 1 aliphatic rings. The second-order valence-electron chi connectivity index (χ2n) is 4.23. The van der Waals surface area contributed by atoms with Gasteiger partial charge in [0, 0.05) is 11.9 Å². The zero-order valence-corrected chi connectivity index (χ0v) is 9.69. The predicted molar refractivity (Wildman–Crippen MR) is 59.4 cm³/mol. The summed E-state index contributed by atoms with van der Waals surface area (Å²) in [4.78, 5) is 2.58. The predicted octanol–water partition coefficient (Wildman–Crippen LogP) is 3.13. The molecule has 2 heteroatoms. The summed E-state index contributed by atoms with van der Waals surface area (Å²) in [7, 11) is 0. The zero-order valence-electron chi connectivity index (χ0n) is 8.93. The van der Waals surface area contributed by atoms with Crippen molar-refractivity contribution < 1.29 is 0 Å². The molecular formula is C11H22ClN. The summed E-state index contributed by atoms with van der Waals surface area (Å²) in [6.07, 6.45) is 5.36. The fraction of sp³-hybridized carbons (Fsp3) is 1.00. The van der Waals surface area contributed by atoms with Crippen molar-refractivity contribution >= 4 is 11.6 Å². The third-order valence-electron chi connectivity index (χ3n) is 3.20. The van der Waals surface area contributed by atoms with Gasteiger partial charge in [0.15, 0.2) is 0 Å². The smallest absolute Gasteiger partial charge is 0.0382 e. The molecule has 0 aromatic rings. The molecule has 0 amide bonds. The van der Waals surface area contributed by atoms with Gasteiger partial charge in [0.25, 0.3) is 0 Å². The monoisotopic (exact) mass is 203 g/mol. The normalized spacial score (nSPS) is 29.8. The molecule has 0 aromatic carbocycles. The molecule has 1 nitrogen and oxygen atoms in total. The lowest BCUT2D eigenvalue weighted by atomic mass is 10.1. The Kier molecular flexibility index (Phi) is 5.12. The van der Waals surface area contributed by atoms with Crippen molar-refractivity contribution in [1.82, 2.24) is 4.90 Å². The third kappa shape index (κ3) is 3.14. The SMILES string of the molecule is CCCCCN1CCC(C)C1CCl. The summed E-state index contributed by atoms with van der Waals surface area (Å²) in [5.74, 6) is 1.62. The van der Waals surface area contributed by atoms with Crippen molar-refractivity contribution in [1.29, 1.82) is 0 Å².